The van der Waals surface area contributed by atoms with E-state index in [1.165, 1.54) is 15.5 Å². The standard InChI is InChI=1S/C28H26ClFN4O3/c1-14-12-31-22(17-7-6-8-18(26(17)30)27(35)33(4)5)11-24(14)34-15(2)9-21(25(29)28(34)36)19-10-20(19)23-13-37-16(3)32-23/h6-9,11-13,19-20H,10H2,1-5H3/t19-,20?/m1/s1. The molecule has 3 aromatic heterocycles. The van der Waals surface area contributed by atoms with Crippen molar-refractivity contribution in [2.75, 3.05) is 14.1 Å². The van der Waals surface area contributed by atoms with Gasteiger partial charge in [-0.2, -0.15) is 0 Å². The number of nitrogens with zero attached hydrogens (tertiary/aromatic N) is 4. The zero-order chi connectivity index (χ0) is 26.6. The lowest BCUT2D eigenvalue weighted by atomic mass is 10.0. The normalized spacial score (nSPS) is 16.6. The van der Waals surface area contributed by atoms with Crippen LogP contribution < -0.4 is 5.56 Å². The zero-order valence-electron chi connectivity index (χ0n) is 21.2. The summed E-state index contributed by atoms with van der Waals surface area (Å²) in [6, 6.07) is 8.20. The Kier molecular flexibility index (Phi) is 6.23. The van der Waals surface area contributed by atoms with Crippen LogP contribution in [0, 0.1) is 26.6 Å². The molecule has 1 aliphatic rings. The summed E-state index contributed by atoms with van der Waals surface area (Å²) in [6.45, 7) is 5.47. The van der Waals surface area contributed by atoms with Gasteiger partial charge in [0.1, 0.15) is 17.1 Å². The van der Waals surface area contributed by atoms with Crippen LogP contribution >= 0.6 is 11.6 Å². The van der Waals surface area contributed by atoms with Crippen molar-refractivity contribution < 1.29 is 13.6 Å². The summed E-state index contributed by atoms with van der Waals surface area (Å²) in [7, 11) is 3.13. The molecule has 0 radical (unpaired) electrons. The largest absolute Gasteiger partial charge is 0.449 e. The van der Waals surface area contributed by atoms with Gasteiger partial charge in [0, 0.05) is 44.4 Å². The molecule has 190 valence electrons. The van der Waals surface area contributed by atoms with Crippen molar-refractivity contribution in [1.82, 2.24) is 19.4 Å². The van der Waals surface area contributed by atoms with Crippen LogP contribution in [0.5, 0.6) is 0 Å². The molecule has 0 bridgehead atoms. The van der Waals surface area contributed by atoms with E-state index < -0.39 is 11.7 Å². The highest BCUT2D eigenvalue weighted by Gasteiger charge is 2.43. The van der Waals surface area contributed by atoms with Gasteiger partial charge in [0.05, 0.1) is 22.6 Å². The number of amides is 1. The fourth-order valence-corrected chi connectivity index (χ4v) is 5.04. The van der Waals surface area contributed by atoms with Crippen molar-refractivity contribution in [3.8, 4) is 16.9 Å². The predicted molar refractivity (Wildman–Crippen MR) is 139 cm³/mol. The minimum atomic E-state index is -0.663. The molecular weight excluding hydrogens is 495 g/mol. The monoisotopic (exact) mass is 520 g/mol. The molecule has 1 fully saturated rings. The lowest BCUT2D eigenvalue weighted by Crippen LogP contribution is -2.23. The summed E-state index contributed by atoms with van der Waals surface area (Å²) >= 11 is 6.64. The number of aryl methyl sites for hydroxylation is 3. The van der Waals surface area contributed by atoms with Crippen LogP contribution in [0.1, 0.15) is 57.0 Å². The first-order chi connectivity index (χ1) is 17.6. The highest BCUT2D eigenvalue weighted by atomic mass is 35.5. The third kappa shape index (κ3) is 4.35. The average molecular weight is 521 g/mol. The number of benzene rings is 1. The van der Waals surface area contributed by atoms with Crippen LogP contribution in [0.15, 0.2) is 52.0 Å². The number of rotatable bonds is 5. The Bertz CT molecular complexity index is 1610. The maximum Gasteiger partial charge on any atom is 0.274 e. The molecule has 37 heavy (non-hydrogen) atoms. The van der Waals surface area contributed by atoms with E-state index in [4.69, 9.17) is 16.0 Å². The third-order valence-corrected chi connectivity index (χ3v) is 7.17. The first kappa shape index (κ1) is 24.9. The van der Waals surface area contributed by atoms with Crippen molar-refractivity contribution in [2.24, 2.45) is 0 Å². The Morgan fingerprint density at radius 1 is 1.19 bits per heavy atom. The first-order valence-corrected chi connectivity index (χ1v) is 12.3. The van der Waals surface area contributed by atoms with Crippen LogP contribution in [0.25, 0.3) is 16.9 Å². The van der Waals surface area contributed by atoms with E-state index >= 15 is 4.39 Å². The van der Waals surface area contributed by atoms with E-state index in [1.54, 1.807) is 51.7 Å². The molecule has 0 spiro atoms. The quantitative estimate of drug-likeness (QED) is 0.343. The lowest BCUT2D eigenvalue weighted by Gasteiger charge is -2.17. The topological polar surface area (TPSA) is 81.2 Å². The number of pyridine rings is 2. The Balaban J connectivity index is 1.56. The lowest BCUT2D eigenvalue weighted by molar-refractivity contribution is 0.0823. The molecule has 1 saturated carbocycles. The van der Waals surface area contributed by atoms with E-state index in [1.807, 2.05) is 19.9 Å². The molecule has 5 rings (SSSR count). The molecule has 3 heterocycles. The molecule has 1 aliphatic carbocycles. The minimum absolute atomic E-state index is 0.0477. The fraction of sp³-hybridized carbons (Fsp3) is 0.286. The molecular formula is C28H26ClFN4O3. The second kappa shape index (κ2) is 9.27. The highest BCUT2D eigenvalue weighted by molar-refractivity contribution is 6.31. The Labute approximate surface area is 218 Å². The molecule has 0 saturated heterocycles. The summed E-state index contributed by atoms with van der Waals surface area (Å²) in [5.74, 6) is -0.239. The SMILES string of the molecule is Cc1nc(C2C[C@H]2c2cc(C)n(-c3cc(-c4cccc(C(=O)N(C)C)c4F)ncc3C)c(=O)c2Cl)co1. The molecule has 4 aromatic rings. The number of carbonyl (C=O) groups is 1. The molecule has 2 atom stereocenters. The summed E-state index contributed by atoms with van der Waals surface area (Å²) in [4.78, 5) is 36.1. The van der Waals surface area contributed by atoms with Gasteiger partial charge < -0.3 is 9.32 Å². The minimum Gasteiger partial charge on any atom is -0.449 e. The maximum atomic E-state index is 15.4. The predicted octanol–water partition coefficient (Wildman–Crippen LogP) is 5.58. The molecule has 0 aliphatic heterocycles. The molecule has 1 amide bonds. The van der Waals surface area contributed by atoms with Gasteiger partial charge in [0.25, 0.3) is 11.5 Å². The van der Waals surface area contributed by atoms with Crippen molar-refractivity contribution in [1.29, 1.82) is 0 Å². The third-order valence-electron chi connectivity index (χ3n) is 6.79. The number of carbonyl (C=O) groups excluding carboxylic acids is 1. The second-order valence-electron chi connectivity index (χ2n) is 9.66. The zero-order valence-corrected chi connectivity index (χ0v) is 21.9. The average Bonchev–Trinajstić information content (AvgIpc) is 3.54. The molecule has 1 aromatic carbocycles. The van der Waals surface area contributed by atoms with Gasteiger partial charge in [-0.3, -0.25) is 19.1 Å². The van der Waals surface area contributed by atoms with Crippen molar-refractivity contribution in [3.05, 3.63) is 98.0 Å². The van der Waals surface area contributed by atoms with Crippen LogP contribution in [-0.4, -0.2) is 39.4 Å². The summed E-state index contributed by atoms with van der Waals surface area (Å²) in [5, 5.41) is 0.154. The van der Waals surface area contributed by atoms with E-state index in [-0.39, 0.29) is 33.5 Å². The molecule has 1 unspecified atom stereocenters. The van der Waals surface area contributed by atoms with Gasteiger partial charge in [-0.05, 0) is 61.6 Å². The second-order valence-corrected chi connectivity index (χ2v) is 10.0. The number of aromatic nitrogens is 3. The Hall–Kier alpha value is -3.78. The highest BCUT2D eigenvalue weighted by Crippen LogP contribution is 2.55. The summed E-state index contributed by atoms with van der Waals surface area (Å²) < 4.78 is 22.2. The maximum absolute atomic E-state index is 15.4. The van der Waals surface area contributed by atoms with E-state index in [2.05, 4.69) is 9.97 Å². The van der Waals surface area contributed by atoms with Crippen LogP contribution in [0.3, 0.4) is 0 Å². The van der Waals surface area contributed by atoms with Crippen LogP contribution in [0.2, 0.25) is 5.02 Å². The van der Waals surface area contributed by atoms with Crippen LogP contribution in [0.4, 0.5) is 4.39 Å². The first-order valence-electron chi connectivity index (χ1n) is 11.9. The molecule has 7 nitrogen and oxygen atoms in total. The van der Waals surface area contributed by atoms with Gasteiger partial charge in [-0.25, -0.2) is 9.37 Å². The van der Waals surface area contributed by atoms with Crippen LogP contribution in [-0.2, 0) is 0 Å². The molecule has 0 N–H and O–H groups in total. The number of hydrogen-bond acceptors (Lipinski definition) is 5. The van der Waals surface area contributed by atoms with Crippen molar-refractivity contribution in [3.63, 3.8) is 0 Å². The Morgan fingerprint density at radius 3 is 2.62 bits per heavy atom. The Morgan fingerprint density at radius 2 is 1.95 bits per heavy atom. The number of halogens is 2. The van der Waals surface area contributed by atoms with E-state index in [9.17, 15) is 9.59 Å². The van der Waals surface area contributed by atoms with E-state index in [0.717, 1.165) is 23.2 Å². The van der Waals surface area contributed by atoms with Gasteiger partial charge >= 0.3 is 0 Å². The van der Waals surface area contributed by atoms with Gasteiger partial charge in [0.2, 0.25) is 0 Å². The number of oxazole rings is 1. The summed E-state index contributed by atoms with van der Waals surface area (Å²) in [5.41, 5.74) is 3.71. The smallest absolute Gasteiger partial charge is 0.274 e. The van der Waals surface area contributed by atoms with Gasteiger partial charge in [0.15, 0.2) is 5.89 Å². The number of hydrogen-bond donors (Lipinski definition) is 0. The fourth-order valence-electron chi connectivity index (χ4n) is 4.76. The van der Waals surface area contributed by atoms with Crippen molar-refractivity contribution in [2.45, 2.75) is 39.0 Å². The van der Waals surface area contributed by atoms with Gasteiger partial charge in [-0.1, -0.05) is 17.7 Å². The molecule has 9 heteroatoms. The van der Waals surface area contributed by atoms with Crippen molar-refractivity contribution >= 4 is 17.5 Å². The van der Waals surface area contributed by atoms with E-state index in [0.29, 0.717) is 23.0 Å². The van der Waals surface area contributed by atoms with Gasteiger partial charge in [-0.15, -0.1) is 0 Å². The summed E-state index contributed by atoms with van der Waals surface area (Å²) in [6.07, 6.45) is 4.08.